The summed E-state index contributed by atoms with van der Waals surface area (Å²) < 4.78 is 0. The first-order valence-electron chi connectivity index (χ1n) is 8.63. The largest absolute Gasteiger partial charge is 0.332 e. The van der Waals surface area contributed by atoms with E-state index in [2.05, 4.69) is 32.7 Å². The summed E-state index contributed by atoms with van der Waals surface area (Å²) >= 11 is 1.61. The van der Waals surface area contributed by atoms with E-state index in [9.17, 15) is 4.79 Å². The van der Waals surface area contributed by atoms with Crippen molar-refractivity contribution in [1.29, 1.82) is 0 Å². The van der Waals surface area contributed by atoms with Crippen LogP contribution in [0.5, 0.6) is 0 Å². The van der Waals surface area contributed by atoms with Crippen LogP contribution in [0.1, 0.15) is 16.3 Å². The molecule has 0 radical (unpaired) electrons. The molecule has 4 rings (SSSR count). The van der Waals surface area contributed by atoms with Gasteiger partial charge in [-0.3, -0.25) is 4.98 Å². The van der Waals surface area contributed by atoms with E-state index in [0.717, 1.165) is 33.6 Å². The van der Waals surface area contributed by atoms with Gasteiger partial charge in [-0.25, -0.2) is 9.78 Å². The highest BCUT2D eigenvalue weighted by Crippen LogP contribution is 2.22. The van der Waals surface area contributed by atoms with E-state index >= 15 is 0 Å². The number of anilines is 1. The molecule has 134 valence electrons. The van der Waals surface area contributed by atoms with E-state index in [1.807, 2.05) is 47.8 Å². The first-order valence-corrected chi connectivity index (χ1v) is 9.51. The molecule has 0 spiro atoms. The van der Waals surface area contributed by atoms with Crippen LogP contribution in [0.4, 0.5) is 10.5 Å². The fraction of sp³-hybridized carbons (Fsp3) is 0.0952. The van der Waals surface area contributed by atoms with Gasteiger partial charge in [0, 0.05) is 35.0 Å². The minimum Gasteiger partial charge on any atom is -0.332 e. The Labute approximate surface area is 161 Å². The van der Waals surface area contributed by atoms with E-state index in [1.54, 1.807) is 23.7 Å². The highest BCUT2D eigenvalue weighted by molar-refractivity contribution is 7.09. The van der Waals surface area contributed by atoms with E-state index in [-0.39, 0.29) is 6.03 Å². The van der Waals surface area contributed by atoms with Crippen LogP contribution < -0.4 is 10.6 Å². The van der Waals surface area contributed by atoms with Crippen molar-refractivity contribution in [2.75, 3.05) is 5.32 Å². The van der Waals surface area contributed by atoms with Gasteiger partial charge in [0.05, 0.1) is 22.9 Å². The number of nitrogens with one attached hydrogen (secondary N) is 2. The Bertz CT molecular complexity index is 1060. The fourth-order valence-corrected chi connectivity index (χ4v) is 3.68. The molecule has 2 aromatic carbocycles. The molecule has 0 unspecified atom stereocenters. The third kappa shape index (κ3) is 4.30. The molecule has 0 saturated heterocycles. The van der Waals surface area contributed by atoms with Gasteiger partial charge in [0.15, 0.2) is 0 Å². The second-order valence-corrected chi connectivity index (χ2v) is 7.05. The lowest BCUT2D eigenvalue weighted by Crippen LogP contribution is -2.28. The molecule has 0 fully saturated rings. The SMILES string of the molecule is O=C(NCc1csc(Cc2ccccc2)n1)Nc1cccc2cnccc12. The number of hydrogen-bond donors (Lipinski definition) is 2. The van der Waals surface area contributed by atoms with Gasteiger partial charge in [0.2, 0.25) is 0 Å². The molecule has 4 aromatic rings. The number of fused-ring (bicyclic) bond motifs is 1. The fourth-order valence-electron chi connectivity index (χ4n) is 2.85. The lowest BCUT2D eigenvalue weighted by Gasteiger charge is -2.09. The topological polar surface area (TPSA) is 66.9 Å². The normalized spacial score (nSPS) is 10.7. The summed E-state index contributed by atoms with van der Waals surface area (Å²) in [7, 11) is 0. The average Bonchev–Trinajstić information content (AvgIpc) is 3.15. The summed E-state index contributed by atoms with van der Waals surface area (Å²) in [5.74, 6) is 0. The number of urea groups is 1. The summed E-state index contributed by atoms with van der Waals surface area (Å²) in [4.78, 5) is 21.0. The highest BCUT2D eigenvalue weighted by atomic mass is 32.1. The summed E-state index contributed by atoms with van der Waals surface area (Å²) in [5, 5.41) is 10.7. The number of pyridine rings is 1. The van der Waals surface area contributed by atoms with Crippen LogP contribution in [0.25, 0.3) is 10.8 Å². The second kappa shape index (κ2) is 7.97. The van der Waals surface area contributed by atoms with Crippen LogP contribution in [0.3, 0.4) is 0 Å². The van der Waals surface area contributed by atoms with Crippen LogP contribution in [-0.2, 0) is 13.0 Å². The summed E-state index contributed by atoms with van der Waals surface area (Å²) in [6, 6.07) is 17.6. The molecule has 27 heavy (non-hydrogen) atoms. The zero-order valence-corrected chi connectivity index (χ0v) is 15.4. The van der Waals surface area contributed by atoms with E-state index < -0.39 is 0 Å². The molecular formula is C21H18N4OS. The first-order chi connectivity index (χ1) is 13.3. The van der Waals surface area contributed by atoms with Crippen molar-refractivity contribution in [2.24, 2.45) is 0 Å². The summed E-state index contributed by atoms with van der Waals surface area (Å²) in [6.07, 6.45) is 4.30. The van der Waals surface area contributed by atoms with Crippen LogP contribution in [0.2, 0.25) is 0 Å². The van der Waals surface area contributed by atoms with E-state index in [1.165, 1.54) is 5.56 Å². The van der Waals surface area contributed by atoms with Crippen molar-refractivity contribution in [3.8, 4) is 0 Å². The van der Waals surface area contributed by atoms with Crippen molar-refractivity contribution in [2.45, 2.75) is 13.0 Å². The molecule has 2 N–H and O–H groups in total. The Hall–Kier alpha value is -3.25. The van der Waals surface area contributed by atoms with Crippen molar-refractivity contribution >= 4 is 33.8 Å². The zero-order chi connectivity index (χ0) is 18.5. The van der Waals surface area contributed by atoms with Gasteiger partial charge >= 0.3 is 6.03 Å². The summed E-state index contributed by atoms with van der Waals surface area (Å²) in [5.41, 5.74) is 2.85. The molecule has 2 heterocycles. The number of carbonyl (C=O) groups is 1. The molecule has 0 aliphatic carbocycles. The van der Waals surface area contributed by atoms with Crippen LogP contribution in [-0.4, -0.2) is 16.0 Å². The second-order valence-electron chi connectivity index (χ2n) is 6.11. The number of thiazole rings is 1. The van der Waals surface area contributed by atoms with Crippen molar-refractivity contribution in [3.63, 3.8) is 0 Å². The third-order valence-electron chi connectivity index (χ3n) is 4.16. The number of amides is 2. The van der Waals surface area contributed by atoms with E-state index in [4.69, 9.17) is 0 Å². The van der Waals surface area contributed by atoms with Gasteiger partial charge in [0.25, 0.3) is 0 Å². The molecule has 2 aromatic heterocycles. The standard InChI is InChI=1S/C21H18N4OS/c26-21(25-19-8-4-7-16-12-22-10-9-18(16)19)23-13-17-14-27-20(24-17)11-15-5-2-1-3-6-15/h1-10,12,14H,11,13H2,(H2,23,25,26). The maximum Gasteiger partial charge on any atom is 0.319 e. The van der Waals surface area contributed by atoms with Gasteiger partial charge in [0.1, 0.15) is 0 Å². The third-order valence-corrected chi connectivity index (χ3v) is 5.05. The molecule has 2 amide bonds. The number of aromatic nitrogens is 2. The number of rotatable bonds is 5. The lowest BCUT2D eigenvalue weighted by molar-refractivity contribution is 0.251. The lowest BCUT2D eigenvalue weighted by atomic mass is 10.1. The Kier molecular flexibility index (Phi) is 5.07. The van der Waals surface area contributed by atoms with Crippen molar-refractivity contribution in [3.05, 3.63) is 88.6 Å². The smallest absolute Gasteiger partial charge is 0.319 e. The molecule has 0 atom stereocenters. The predicted octanol–water partition coefficient (Wildman–Crippen LogP) is 4.60. The molecule has 0 aliphatic rings. The molecule has 0 bridgehead atoms. The van der Waals surface area contributed by atoms with E-state index in [0.29, 0.717) is 6.54 Å². The van der Waals surface area contributed by atoms with Crippen molar-refractivity contribution < 1.29 is 4.79 Å². The maximum absolute atomic E-state index is 12.3. The first kappa shape index (κ1) is 17.2. The van der Waals surface area contributed by atoms with Crippen LogP contribution in [0, 0.1) is 0 Å². The monoisotopic (exact) mass is 374 g/mol. The van der Waals surface area contributed by atoms with Gasteiger partial charge < -0.3 is 10.6 Å². The Balaban J connectivity index is 1.35. The quantitative estimate of drug-likeness (QED) is 0.536. The van der Waals surface area contributed by atoms with Gasteiger partial charge in [-0.1, -0.05) is 42.5 Å². The minimum atomic E-state index is -0.253. The Morgan fingerprint density at radius 3 is 2.81 bits per heavy atom. The Morgan fingerprint density at radius 2 is 1.93 bits per heavy atom. The molecule has 0 saturated carbocycles. The average molecular weight is 374 g/mol. The molecule has 0 aliphatic heterocycles. The van der Waals surface area contributed by atoms with Crippen molar-refractivity contribution in [1.82, 2.24) is 15.3 Å². The Morgan fingerprint density at radius 1 is 1.04 bits per heavy atom. The maximum atomic E-state index is 12.3. The number of benzene rings is 2. The zero-order valence-electron chi connectivity index (χ0n) is 14.6. The van der Waals surface area contributed by atoms with Gasteiger partial charge in [-0.05, 0) is 17.7 Å². The number of carbonyl (C=O) groups excluding carboxylic acids is 1. The van der Waals surface area contributed by atoms with Gasteiger partial charge in [-0.2, -0.15) is 0 Å². The highest BCUT2D eigenvalue weighted by Gasteiger charge is 2.07. The minimum absolute atomic E-state index is 0.253. The summed E-state index contributed by atoms with van der Waals surface area (Å²) in [6.45, 7) is 0.392. The number of hydrogen-bond acceptors (Lipinski definition) is 4. The predicted molar refractivity (Wildman–Crippen MR) is 109 cm³/mol. The van der Waals surface area contributed by atoms with Crippen LogP contribution >= 0.6 is 11.3 Å². The molecule has 5 nitrogen and oxygen atoms in total. The number of nitrogens with zero attached hydrogens (tertiary/aromatic N) is 2. The van der Waals surface area contributed by atoms with Gasteiger partial charge in [-0.15, -0.1) is 11.3 Å². The molecule has 6 heteroatoms. The van der Waals surface area contributed by atoms with Crippen LogP contribution in [0.15, 0.2) is 72.4 Å². The molecular weight excluding hydrogens is 356 g/mol.